The van der Waals surface area contributed by atoms with E-state index in [1.165, 1.54) is 62.8 Å². The maximum absolute atomic E-state index is 13.6. The molecule has 5 aromatic carbocycles. The van der Waals surface area contributed by atoms with Gasteiger partial charge in [-0.1, -0.05) is 59.6 Å². The normalized spacial score (nSPS) is 13.0. The zero-order valence-corrected chi connectivity index (χ0v) is 39.1. The number of ketones is 2. The molecule has 4 unspecified atom stereocenters. The minimum Gasteiger partial charge on any atom is -0.494 e. The fourth-order valence-corrected chi connectivity index (χ4v) is 6.98. The highest BCUT2D eigenvalue weighted by atomic mass is 35.5. The average molecular weight is 977 g/mol. The molecule has 0 bridgehead atoms. The molecule has 4 amide bonds. The van der Waals surface area contributed by atoms with Gasteiger partial charge in [-0.2, -0.15) is 20.5 Å². The van der Waals surface area contributed by atoms with E-state index in [0.717, 1.165) is 13.8 Å². The van der Waals surface area contributed by atoms with Crippen LogP contribution in [0.5, 0.6) is 11.5 Å². The summed E-state index contributed by atoms with van der Waals surface area (Å²) in [5.74, 6) is -4.31. The van der Waals surface area contributed by atoms with Gasteiger partial charge < -0.3 is 30.7 Å². The summed E-state index contributed by atoms with van der Waals surface area (Å²) in [6.07, 6.45) is 0. The number of rotatable bonds is 18. The number of amides is 4. The number of benzene rings is 5. The van der Waals surface area contributed by atoms with Gasteiger partial charge in [-0.3, -0.25) is 28.8 Å². The van der Waals surface area contributed by atoms with Crippen LogP contribution in [0.2, 0.25) is 10.0 Å². The summed E-state index contributed by atoms with van der Waals surface area (Å²) in [5, 5.41) is 26.2. The van der Waals surface area contributed by atoms with Crippen molar-refractivity contribution in [1.82, 2.24) is 0 Å². The Labute approximate surface area is 399 Å². The Kier molecular flexibility index (Phi) is 17.5. The van der Waals surface area contributed by atoms with E-state index < -0.39 is 52.7 Å². The number of azo groups is 2. The second-order valence-electron chi connectivity index (χ2n) is 14.3. The zero-order chi connectivity index (χ0) is 48.2. The van der Waals surface area contributed by atoms with Crippen LogP contribution in [0.4, 0.5) is 34.1 Å². The van der Waals surface area contributed by atoms with E-state index in [1.54, 1.807) is 62.4 Å². The van der Waals surface area contributed by atoms with E-state index in [0.29, 0.717) is 22.5 Å². The van der Waals surface area contributed by atoms with Crippen molar-refractivity contribution >= 4 is 116 Å². The second kappa shape index (κ2) is 22.9. The Bertz CT molecular complexity index is 2720. The zero-order valence-electron chi connectivity index (χ0n) is 36.1. The Balaban J connectivity index is 1.31. The van der Waals surface area contributed by atoms with E-state index in [1.807, 2.05) is 0 Å². The molecule has 0 aliphatic heterocycles. The highest BCUT2D eigenvalue weighted by molar-refractivity contribution is 6.35. The van der Waals surface area contributed by atoms with Gasteiger partial charge in [-0.25, -0.2) is 0 Å². The molecule has 0 aromatic heterocycles. The minimum absolute atomic E-state index is 0.0215. The number of hydrogen-bond donors (Lipinski definition) is 4. The first-order valence-electron chi connectivity index (χ1n) is 19.8. The van der Waals surface area contributed by atoms with Crippen LogP contribution in [0.3, 0.4) is 0 Å². The number of ether oxygens (including phenoxy) is 2. The predicted molar refractivity (Wildman–Crippen MR) is 255 cm³/mol. The molecular weight excluding hydrogens is 934 g/mol. The van der Waals surface area contributed by atoms with Crippen LogP contribution in [-0.4, -0.2) is 61.5 Å². The smallest absolute Gasteiger partial charge is 0.259 e. The number of methoxy groups -OCH3 is 2. The van der Waals surface area contributed by atoms with Crippen LogP contribution in [0.25, 0.3) is 0 Å². The monoisotopic (exact) mass is 974 g/mol. The van der Waals surface area contributed by atoms with Crippen LogP contribution in [0, 0.1) is 0 Å². The number of anilines is 4. The number of hydrogen-bond acceptors (Lipinski definition) is 12. The molecule has 5 aromatic rings. The van der Waals surface area contributed by atoms with E-state index in [-0.39, 0.29) is 60.8 Å². The first kappa shape index (κ1) is 50.3. The third-order valence-electron chi connectivity index (χ3n) is 9.53. The van der Waals surface area contributed by atoms with E-state index in [9.17, 15) is 28.8 Å². The number of halogens is 4. The van der Waals surface area contributed by atoms with Gasteiger partial charge in [0.15, 0.2) is 11.6 Å². The molecule has 0 saturated carbocycles. The number of nitrogens with zero attached hydrogens (tertiary/aromatic N) is 4. The van der Waals surface area contributed by atoms with Crippen LogP contribution in [0.15, 0.2) is 118 Å². The summed E-state index contributed by atoms with van der Waals surface area (Å²) in [6.45, 7) is 5.82. The molecule has 342 valence electrons. The predicted octanol–water partition coefficient (Wildman–Crippen LogP) is 11.5. The summed E-state index contributed by atoms with van der Waals surface area (Å²) in [7, 11) is 2.57. The molecule has 20 heteroatoms. The van der Waals surface area contributed by atoms with Gasteiger partial charge in [0.1, 0.15) is 17.2 Å². The minimum atomic E-state index is -1.67. The second-order valence-corrected chi connectivity index (χ2v) is 16.5. The van der Waals surface area contributed by atoms with Crippen molar-refractivity contribution in [2.45, 2.75) is 50.5 Å². The summed E-state index contributed by atoms with van der Waals surface area (Å²) in [6, 6.07) is 21.8. The van der Waals surface area contributed by atoms with Crippen molar-refractivity contribution in [2.75, 3.05) is 35.5 Å². The van der Waals surface area contributed by atoms with Gasteiger partial charge in [-0.05, 0) is 87.4 Å². The van der Waals surface area contributed by atoms with Gasteiger partial charge in [0.2, 0.25) is 12.1 Å². The lowest BCUT2D eigenvalue weighted by Crippen LogP contribution is -2.32. The molecule has 0 saturated heterocycles. The average Bonchev–Trinajstić information content (AvgIpc) is 3.27. The Morgan fingerprint density at radius 3 is 1.32 bits per heavy atom. The van der Waals surface area contributed by atoms with Crippen LogP contribution < -0.4 is 30.7 Å². The molecule has 0 spiro atoms. The first-order valence-corrected chi connectivity index (χ1v) is 21.4. The van der Waals surface area contributed by atoms with Gasteiger partial charge in [0.25, 0.3) is 23.6 Å². The standard InChI is InChI=1S/C46H42Cl4N8O8/c1-23(47)30-11-7-9-13-36(30)52-43(61)32-19-27(15-17-34(32)49)55-57-40(25(3)59)45(63)51-29-21-38(65-5)42(39(22-29)66-6)54-46(64)41(26(4)60)58-56-28-16-18-35(50)33(20-28)44(62)53-37-14-10-8-12-31(37)24(2)48/h7-24,40-41H,1-6H3,(H,51,63)(H,52,61)(H,53,62)(H,54,64). The lowest BCUT2D eigenvalue weighted by atomic mass is 10.1. The summed E-state index contributed by atoms with van der Waals surface area (Å²) >= 11 is 25.3. The summed E-state index contributed by atoms with van der Waals surface area (Å²) in [4.78, 5) is 79.0. The van der Waals surface area contributed by atoms with Gasteiger partial charge >= 0.3 is 0 Å². The van der Waals surface area contributed by atoms with Crippen molar-refractivity contribution in [1.29, 1.82) is 0 Å². The van der Waals surface area contributed by atoms with Crippen molar-refractivity contribution in [3.8, 4) is 11.5 Å². The molecule has 0 fully saturated rings. The maximum atomic E-state index is 13.6. The maximum Gasteiger partial charge on any atom is 0.259 e. The highest BCUT2D eigenvalue weighted by Gasteiger charge is 2.28. The quantitative estimate of drug-likeness (QED) is 0.0375. The molecule has 5 rings (SSSR count). The summed E-state index contributed by atoms with van der Waals surface area (Å²) in [5.41, 5.74) is 2.72. The topological polar surface area (TPSA) is 218 Å². The Morgan fingerprint density at radius 1 is 0.545 bits per heavy atom. The van der Waals surface area contributed by atoms with Gasteiger partial charge in [0, 0.05) is 29.2 Å². The molecule has 0 heterocycles. The number of alkyl halides is 2. The number of carbonyl (C=O) groups is 6. The molecular formula is C46H42Cl4N8O8. The molecule has 16 nitrogen and oxygen atoms in total. The number of para-hydroxylation sites is 2. The largest absolute Gasteiger partial charge is 0.494 e. The molecule has 0 radical (unpaired) electrons. The van der Waals surface area contributed by atoms with Crippen LogP contribution in [0.1, 0.15) is 70.3 Å². The third kappa shape index (κ3) is 12.8. The SMILES string of the molecule is COc1cc(NC(=O)C(N=Nc2ccc(Cl)c(C(=O)Nc3ccccc3C(C)Cl)c2)C(C)=O)cc(OC)c1NC(=O)C(N=Nc1ccc(Cl)c(C(=O)Nc2ccccc2C(C)Cl)c1)C(C)=O. The molecule has 66 heavy (non-hydrogen) atoms. The van der Waals surface area contributed by atoms with E-state index in [2.05, 4.69) is 41.7 Å². The van der Waals surface area contributed by atoms with Gasteiger partial charge in [-0.15, -0.1) is 23.2 Å². The molecule has 0 aliphatic rings. The highest BCUT2D eigenvalue weighted by Crippen LogP contribution is 2.39. The van der Waals surface area contributed by atoms with E-state index >= 15 is 0 Å². The van der Waals surface area contributed by atoms with E-state index in [4.69, 9.17) is 55.9 Å². The van der Waals surface area contributed by atoms with Crippen molar-refractivity contribution in [3.05, 3.63) is 129 Å². The molecule has 4 atom stereocenters. The third-order valence-corrected chi connectivity index (χ3v) is 10.7. The fraction of sp³-hybridized carbons (Fsp3) is 0.217. The Morgan fingerprint density at radius 2 is 0.939 bits per heavy atom. The van der Waals surface area contributed by atoms with Crippen LogP contribution >= 0.6 is 46.4 Å². The van der Waals surface area contributed by atoms with Crippen LogP contribution in [-0.2, 0) is 19.2 Å². The lowest BCUT2D eigenvalue weighted by Gasteiger charge is -2.18. The number of carbonyl (C=O) groups excluding carboxylic acids is 6. The van der Waals surface area contributed by atoms with Crippen molar-refractivity contribution in [2.24, 2.45) is 20.5 Å². The number of Topliss-reactive ketones (excluding diaryl/α,β-unsaturated/α-hetero) is 2. The Hall–Kier alpha value is -6.72. The van der Waals surface area contributed by atoms with Crippen molar-refractivity contribution < 1.29 is 38.2 Å². The fourth-order valence-electron chi connectivity index (χ4n) is 6.19. The summed E-state index contributed by atoms with van der Waals surface area (Å²) < 4.78 is 11.0. The number of nitrogens with one attached hydrogen (secondary N) is 4. The molecule has 0 aliphatic carbocycles. The first-order chi connectivity index (χ1) is 31.4. The lowest BCUT2D eigenvalue weighted by molar-refractivity contribution is -0.127. The molecule has 4 N–H and O–H groups in total. The van der Waals surface area contributed by atoms with Gasteiger partial charge in [0.05, 0.1) is 57.5 Å². The van der Waals surface area contributed by atoms with Crippen molar-refractivity contribution in [3.63, 3.8) is 0 Å².